The monoisotopic (exact) mass is 429 g/mol. The van der Waals surface area contributed by atoms with Gasteiger partial charge in [0.05, 0.1) is 11.7 Å². The summed E-state index contributed by atoms with van der Waals surface area (Å²) < 4.78 is 5.78. The summed E-state index contributed by atoms with van der Waals surface area (Å²) in [7, 11) is 0. The largest absolute Gasteiger partial charge is 0.368 e. The van der Waals surface area contributed by atoms with Crippen molar-refractivity contribution in [2.75, 3.05) is 18.5 Å². The molecule has 0 aliphatic carbocycles. The van der Waals surface area contributed by atoms with Gasteiger partial charge in [0.15, 0.2) is 5.82 Å². The fraction of sp³-hybridized carbons (Fsp3) is 0.360. The van der Waals surface area contributed by atoms with Gasteiger partial charge in [-0.1, -0.05) is 18.2 Å². The summed E-state index contributed by atoms with van der Waals surface area (Å²) >= 11 is 0. The molecule has 2 saturated heterocycles. The number of carbonyl (C=O) groups excluding carboxylic acids is 1. The van der Waals surface area contributed by atoms with E-state index in [-0.39, 0.29) is 18.1 Å². The van der Waals surface area contributed by atoms with Crippen molar-refractivity contribution in [3.8, 4) is 11.3 Å². The van der Waals surface area contributed by atoms with Crippen LogP contribution in [0.4, 0.5) is 11.5 Å². The molecule has 7 heteroatoms. The van der Waals surface area contributed by atoms with E-state index < -0.39 is 0 Å². The van der Waals surface area contributed by atoms with E-state index in [1.807, 2.05) is 53.4 Å². The molecule has 1 amide bonds. The maximum atomic E-state index is 13.2. The average Bonchev–Trinajstić information content (AvgIpc) is 3.35. The molecule has 0 saturated carbocycles. The Morgan fingerprint density at radius 2 is 1.84 bits per heavy atom. The highest BCUT2D eigenvalue weighted by Gasteiger charge is 2.36. The number of pyridine rings is 1. The Kier molecular flexibility index (Phi) is 6.07. The topological polar surface area (TPSA) is 80.2 Å². The number of carbonyl (C=O) groups is 1. The van der Waals surface area contributed by atoms with E-state index in [0.717, 1.165) is 49.0 Å². The summed E-state index contributed by atoms with van der Waals surface area (Å²) in [5.74, 6) is 1.45. The number of nitrogens with zero attached hydrogens (tertiary/aromatic N) is 4. The van der Waals surface area contributed by atoms with E-state index in [0.29, 0.717) is 24.8 Å². The lowest BCUT2D eigenvalue weighted by Crippen LogP contribution is -2.41. The zero-order valence-corrected chi connectivity index (χ0v) is 18.0. The zero-order valence-electron chi connectivity index (χ0n) is 18.0. The van der Waals surface area contributed by atoms with Crippen LogP contribution in [0, 0.1) is 0 Å². The van der Waals surface area contributed by atoms with Gasteiger partial charge in [-0.2, -0.15) is 0 Å². The summed E-state index contributed by atoms with van der Waals surface area (Å²) in [5.41, 5.74) is 2.73. The number of amides is 1. The highest BCUT2D eigenvalue weighted by atomic mass is 16.5. The number of anilines is 2. The highest BCUT2D eigenvalue weighted by molar-refractivity contribution is 5.81. The Hall–Kier alpha value is -3.32. The number of hydrogen-bond donors (Lipinski definition) is 1. The van der Waals surface area contributed by atoms with Gasteiger partial charge in [0.25, 0.3) is 5.91 Å². The van der Waals surface area contributed by atoms with Crippen molar-refractivity contribution < 1.29 is 9.53 Å². The van der Waals surface area contributed by atoms with Crippen LogP contribution in [0.5, 0.6) is 0 Å². The summed E-state index contributed by atoms with van der Waals surface area (Å²) in [4.78, 5) is 29.0. The van der Waals surface area contributed by atoms with E-state index >= 15 is 0 Å². The number of ether oxygens (including phenoxy) is 1. The second kappa shape index (κ2) is 9.44. The summed E-state index contributed by atoms with van der Waals surface area (Å²) in [6, 6.07) is 15.6. The third kappa shape index (κ3) is 4.48. The van der Waals surface area contributed by atoms with Crippen LogP contribution in [0.1, 0.15) is 44.0 Å². The van der Waals surface area contributed by atoms with Gasteiger partial charge in [-0.3, -0.25) is 9.78 Å². The molecule has 0 radical (unpaired) electrons. The molecule has 4 heterocycles. The van der Waals surface area contributed by atoms with Crippen molar-refractivity contribution >= 4 is 17.4 Å². The molecule has 2 aliphatic rings. The molecular weight excluding hydrogens is 402 g/mol. The lowest BCUT2D eigenvalue weighted by molar-refractivity contribution is -0.147. The Bertz CT molecular complexity index is 1050. The van der Waals surface area contributed by atoms with E-state index in [1.54, 1.807) is 12.4 Å². The molecule has 0 unspecified atom stereocenters. The Morgan fingerprint density at radius 1 is 1.00 bits per heavy atom. The Morgan fingerprint density at radius 3 is 2.62 bits per heavy atom. The first-order valence-corrected chi connectivity index (χ1v) is 11.3. The van der Waals surface area contributed by atoms with Crippen molar-refractivity contribution in [1.82, 2.24) is 19.9 Å². The predicted octanol–water partition coefficient (Wildman–Crippen LogP) is 4.51. The minimum atomic E-state index is -0.338. The van der Waals surface area contributed by atoms with E-state index in [9.17, 15) is 4.79 Å². The average molecular weight is 430 g/mol. The number of para-hydroxylation sites is 1. The molecule has 2 aliphatic heterocycles. The number of aromatic nitrogens is 3. The van der Waals surface area contributed by atoms with Gasteiger partial charge >= 0.3 is 0 Å². The molecule has 2 fully saturated rings. The van der Waals surface area contributed by atoms with E-state index in [4.69, 9.17) is 14.7 Å². The van der Waals surface area contributed by atoms with Gasteiger partial charge < -0.3 is 15.0 Å². The van der Waals surface area contributed by atoms with E-state index in [2.05, 4.69) is 10.3 Å². The highest BCUT2D eigenvalue weighted by Crippen LogP contribution is 2.34. The fourth-order valence-electron chi connectivity index (χ4n) is 4.44. The molecule has 0 spiro atoms. The number of nitrogens with one attached hydrogen (secondary N) is 1. The molecule has 5 rings (SSSR count). The number of likely N-dealkylation sites (tertiary alicyclic amines) is 1. The second-order valence-corrected chi connectivity index (χ2v) is 8.27. The minimum absolute atomic E-state index is 0.0719. The standard InChI is InChI=1S/C25H27N5O2/c31-25(22-10-4-5-16-32-22)30-15-6-9-21(30)24-28-20(18-11-13-26-14-12-18)17-23(29-24)27-19-7-2-1-3-8-19/h1-3,7-8,11-14,17,21-22H,4-6,9-10,15-16H2,(H,27,28,29)/t21-,22-/m0/s1. The SMILES string of the molecule is O=C([C@@H]1CCCCO1)N1CCC[C@H]1c1nc(Nc2ccccc2)cc(-c2ccncc2)n1. The predicted molar refractivity (Wildman–Crippen MR) is 122 cm³/mol. The molecule has 164 valence electrons. The Balaban J connectivity index is 1.48. The number of hydrogen-bond acceptors (Lipinski definition) is 6. The third-order valence-corrected chi connectivity index (χ3v) is 6.05. The first-order valence-electron chi connectivity index (χ1n) is 11.3. The maximum Gasteiger partial charge on any atom is 0.252 e. The van der Waals surface area contributed by atoms with Crippen LogP contribution in [-0.4, -0.2) is 45.0 Å². The van der Waals surface area contributed by atoms with Gasteiger partial charge in [-0.25, -0.2) is 9.97 Å². The quantitative estimate of drug-likeness (QED) is 0.643. The summed E-state index contributed by atoms with van der Waals surface area (Å²) in [6.07, 6.45) is 7.82. The lowest BCUT2D eigenvalue weighted by atomic mass is 10.1. The molecule has 2 aromatic heterocycles. The molecular formula is C25H27N5O2. The fourth-order valence-corrected chi connectivity index (χ4v) is 4.44. The molecule has 0 bridgehead atoms. The van der Waals surface area contributed by atoms with Crippen molar-refractivity contribution in [3.63, 3.8) is 0 Å². The van der Waals surface area contributed by atoms with E-state index in [1.165, 1.54) is 0 Å². The molecule has 3 aromatic rings. The minimum Gasteiger partial charge on any atom is -0.368 e. The van der Waals surface area contributed by atoms with Gasteiger partial charge in [0, 0.05) is 42.9 Å². The third-order valence-electron chi connectivity index (χ3n) is 6.05. The lowest BCUT2D eigenvalue weighted by Gasteiger charge is -2.30. The molecule has 2 atom stereocenters. The number of rotatable bonds is 5. The van der Waals surface area contributed by atoms with Crippen LogP contribution in [0.25, 0.3) is 11.3 Å². The van der Waals surface area contributed by atoms with Crippen LogP contribution in [0.2, 0.25) is 0 Å². The van der Waals surface area contributed by atoms with Gasteiger partial charge in [-0.15, -0.1) is 0 Å². The zero-order chi connectivity index (χ0) is 21.8. The normalized spacial score (nSPS) is 20.8. The summed E-state index contributed by atoms with van der Waals surface area (Å²) in [6.45, 7) is 1.38. The molecule has 1 N–H and O–H groups in total. The first kappa shape index (κ1) is 20.6. The first-order chi connectivity index (χ1) is 15.8. The van der Waals surface area contributed by atoms with Crippen LogP contribution >= 0.6 is 0 Å². The van der Waals surface area contributed by atoms with Crippen molar-refractivity contribution in [3.05, 3.63) is 66.7 Å². The summed E-state index contributed by atoms with van der Waals surface area (Å²) in [5, 5.41) is 3.39. The van der Waals surface area contributed by atoms with Crippen molar-refractivity contribution in [2.24, 2.45) is 0 Å². The van der Waals surface area contributed by atoms with Crippen LogP contribution in [0.15, 0.2) is 60.9 Å². The second-order valence-electron chi connectivity index (χ2n) is 8.27. The van der Waals surface area contributed by atoms with Crippen molar-refractivity contribution in [1.29, 1.82) is 0 Å². The molecule has 32 heavy (non-hydrogen) atoms. The Labute approximate surface area is 187 Å². The van der Waals surface area contributed by atoms with Gasteiger partial charge in [-0.05, 0) is 56.4 Å². The van der Waals surface area contributed by atoms with Gasteiger partial charge in [0.2, 0.25) is 0 Å². The van der Waals surface area contributed by atoms with Gasteiger partial charge in [0.1, 0.15) is 11.9 Å². The molecule has 7 nitrogen and oxygen atoms in total. The van der Waals surface area contributed by atoms with Crippen molar-refractivity contribution in [2.45, 2.75) is 44.2 Å². The van der Waals surface area contributed by atoms with Crippen LogP contribution in [0.3, 0.4) is 0 Å². The van der Waals surface area contributed by atoms with Crippen LogP contribution < -0.4 is 5.32 Å². The molecule has 1 aromatic carbocycles. The van der Waals surface area contributed by atoms with Crippen LogP contribution in [-0.2, 0) is 9.53 Å². The smallest absolute Gasteiger partial charge is 0.252 e. The number of benzene rings is 1. The maximum absolute atomic E-state index is 13.2.